The molecule has 7 heteroatoms. The Morgan fingerprint density at radius 3 is 2.43 bits per heavy atom. The van der Waals surface area contributed by atoms with Crippen molar-refractivity contribution in [1.82, 2.24) is 10.3 Å². The van der Waals surface area contributed by atoms with E-state index in [0.29, 0.717) is 11.7 Å². The minimum absolute atomic E-state index is 0.156. The third-order valence-electron chi connectivity index (χ3n) is 6.11. The summed E-state index contributed by atoms with van der Waals surface area (Å²) in [7, 11) is 4.06. The van der Waals surface area contributed by atoms with Crippen molar-refractivity contribution in [2.45, 2.75) is 19.0 Å². The first-order valence-electron chi connectivity index (χ1n) is 11.7. The first-order valence-corrected chi connectivity index (χ1v) is 12.1. The van der Waals surface area contributed by atoms with Crippen LogP contribution in [0.4, 0.5) is 11.4 Å². The maximum absolute atomic E-state index is 6.45. The number of furan rings is 1. The van der Waals surface area contributed by atoms with E-state index in [0.717, 1.165) is 39.9 Å². The zero-order chi connectivity index (χ0) is 24.4. The molecule has 5 rings (SSSR count). The number of benzene rings is 2. The number of hydrogen-bond acceptors (Lipinski definition) is 5. The zero-order valence-corrected chi connectivity index (χ0v) is 20.8. The van der Waals surface area contributed by atoms with Gasteiger partial charge in [0.05, 0.1) is 18.3 Å². The topological polar surface area (TPSA) is 53.8 Å². The number of thiocarbonyl (C=S) groups is 1. The third-order valence-corrected chi connectivity index (χ3v) is 6.43. The molecule has 1 N–H and O–H groups in total. The van der Waals surface area contributed by atoms with E-state index >= 15 is 0 Å². The largest absolute Gasteiger partial charge is 0.494 e. The molecule has 6 nitrogen and oxygen atoms in total. The summed E-state index contributed by atoms with van der Waals surface area (Å²) in [4.78, 5) is 8.81. The smallest absolute Gasteiger partial charge is 0.174 e. The lowest BCUT2D eigenvalue weighted by Gasteiger charge is -2.26. The van der Waals surface area contributed by atoms with Crippen molar-refractivity contribution in [3.8, 4) is 17.1 Å². The van der Waals surface area contributed by atoms with Crippen LogP contribution in [0.2, 0.25) is 0 Å². The molecule has 1 aliphatic heterocycles. The van der Waals surface area contributed by atoms with Crippen molar-refractivity contribution >= 4 is 28.7 Å². The molecule has 4 aromatic rings. The van der Waals surface area contributed by atoms with Crippen LogP contribution in [0.15, 0.2) is 89.5 Å². The lowest BCUT2D eigenvalue weighted by molar-refractivity contribution is 0.340. The molecule has 1 fully saturated rings. The van der Waals surface area contributed by atoms with Crippen molar-refractivity contribution in [1.29, 1.82) is 0 Å². The Morgan fingerprint density at radius 2 is 1.77 bits per heavy atom. The Bertz CT molecular complexity index is 1290. The van der Waals surface area contributed by atoms with Crippen molar-refractivity contribution < 1.29 is 9.15 Å². The van der Waals surface area contributed by atoms with Crippen molar-refractivity contribution in [2.75, 3.05) is 30.5 Å². The van der Waals surface area contributed by atoms with E-state index in [-0.39, 0.29) is 12.1 Å². The summed E-state index contributed by atoms with van der Waals surface area (Å²) >= 11 is 5.82. The van der Waals surface area contributed by atoms with Crippen LogP contribution in [-0.4, -0.2) is 30.8 Å². The summed E-state index contributed by atoms with van der Waals surface area (Å²) in [5.41, 5.74) is 4.02. The van der Waals surface area contributed by atoms with E-state index in [1.807, 2.05) is 75.6 Å². The zero-order valence-electron chi connectivity index (χ0n) is 20.0. The molecule has 0 amide bonds. The van der Waals surface area contributed by atoms with Crippen molar-refractivity contribution in [2.24, 2.45) is 0 Å². The Kier molecular flexibility index (Phi) is 6.42. The maximum atomic E-state index is 6.45. The quantitative estimate of drug-likeness (QED) is 0.324. The van der Waals surface area contributed by atoms with Crippen molar-refractivity contribution in [3.63, 3.8) is 0 Å². The number of hydrogen-bond donors (Lipinski definition) is 1. The Labute approximate surface area is 211 Å². The lowest BCUT2D eigenvalue weighted by Crippen LogP contribution is -2.29. The van der Waals surface area contributed by atoms with Gasteiger partial charge in [0.1, 0.15) is 23.3 Å². The predicted molar refractivity (Wildman–Crippen MR) is 144 cm³/mol. The number of anilines is 2. The highest BCUT2D eigenvalue weighted by molar-refractivity contribution is 7.80. The molecular weight excluding hydrogens is 456 g/mol. The number of nitrogens with zero attached hydrogens (tertiary/aromatic N) is 3. The van der Waals surface area contributed by atoms with Gasteiger partial charge in [0, 0.05) is 37.2 Å². The highest BCUT2D eigenvalue weighted by atomic mass is 32.1. The Morgan fingerprint density at radius 1 is 1.00 bits per heavy atom. The fourth-order valence-electron chi connectivity index (χ4n) is 4.38. The van der Waals surface area contributed by atoms with E-state index in [4.69, 9.17) is 21.4 Å². The van der Waals surface area contributed by atoms with Crippen molar-refractivity contribution in [3.05, 3.63) is 96.5 Å². The van der Waals surface area contributed by atoms with Gasteiger partial charge in [0.15, 0.2) is 5.11 Å². The third kappa shape index (κ3) is 4.59. The highest BCUT2D eigenvalue weighted by Gasteiger charge is 2.42. The van der Waals surface area contributed by atoms with Crippen LogP contribution in [0.5, 0.6) is 5.75 Å². The molecule has 3 heterocycles. The standard InChI is InChI=1S/C28H28N4O2S/c1-4-33-22-14-8-19(9-15-22)24-16-17-25(34-24)27-26(23-7-5-6-18-29-23)30-28(35)32(27)21-12-10-20(11-13-21)31(2)3/h5-18,26-27H,4H2,1-3H3,(H,30,35)/t26-,27-/m1/s1. The summed E-state index contributed by atoms with van der Waals surface area (Å²) in [6.45, 7) is 2.61. The van der Waals surface area contributed by atoms with Crippen LogP contribution in [0.1, 0.15) is 30.5 Å². The fraction of sp³-hybridized carbons (Fsp3) is 0.214. The summed E-state index contributed by atoms with van der Waals surface area (Å²) in [6.07, 6.45) is 1.80. The summed E-state index contributed by atoms with van der Waals surface area (Å²) < 4.78 is 12.0. The summed E-state index contributed by atoms with van der Waals surface area (Å²) in [5.74, 6) is 2.45. The molecule has 35 heavy (non-hydrogen) atoms. The van der Waals surface area contributed by atoms with Gasteiger partial charge in [-0.1, -0.05) is 6.07 Å². The molecule has 2 aromatic carbocycles. The Balaban J connectivity index is 1.53. The van der Waals surface area contributed by atoms with Gasteiger partial charge in [0.2, 0.25) is 0 Å². The molecule has 0 aliphatic carbocycles. The van der Waals surface area contributed by atoms with E-state index in [2.05, 4.69) is 44.4 Å². The van der Waals surface area contributed by atoms with E-state index < -0.39 is 0 Å². The van der Waals surface area contributed by atoms with Gasteiger partial charge >= 0.3 is 0 Å². The van der Waals surface area contributed by atoms with Crippen LogP contribution < -0.4 is 19.9 Å². The SMILES string of the molecule is CCOc1ccc(-c2ccc([C@@H]3[C@@H](c4ccccn4)NC(=S)N3c3ccc(N(C)C)cc3)o2)cc1. The highest BCUT2D eigenvalue weighted by Crippen LogP contribution is 2.43. The molecule has 2 aromatic heterocycles. The normalized spacial score (nSPS) is 17.3. The summed E-state index contributed by atoms with van der Waals surface area (Å²) in [6, 6.07) is 25.9. The van der Waals surface area contributed by atoms with Crippen LogP contribution in [-0.2, 0) is 0 Å². The van der Waals surface area contributed by atoms with E-state index in [1.165, 1.54) is 0 Å². The van der Waals surface area contributed by atoms with Crippen LogP contribution in [0.3, 0.4) is 0 Å². The van der Waals surface area contributed by atoms with Crippen LogP contribution >= 0.6 is 12.2 Å². The average Bonchev–Trinajstić information content (AvgIpc) is 3.50. The monoisotopic (exact) mass is 484 g/mol. The minimum atomic E-state index is -0.195. The molecule has 1 saturated heterocycles. The minimum Gasteiger partial charge on any atom is -0.494 e. The molecule has 0 saturated carbocycles. The van der Waals surface area contributed by atoms with Gasteiger partial charge in [-0.15, -0.1) is 0 Å². The number of rotatable bonds is 7. The first-order chi connectivity index (χ1) is 17.0. The molecular formula is C28H28N4O2S. The molecule has 1 aliphatic rings. The Hall–Kier alpha value is -3.84. The van der Waals surface area contributed by atoms with Crippen LogP contribution in [0, 0.1) is 0 Å². The van der Waals surface area contributed by atoms with Crippen LogP contribution in [0.25, 0.3) is 11.3 Å². The van der Waals surface area contributed by atoms with Gasteiger partial charge in [-0.05, 0) is 91.9 Å². The van der Waals surface area contributed by atoms with Gasteiger partial charge in [0.25, 0.3) is 0 Å². The lowest BCUT2D eigenvalue weighted by atomic mass is 10.0. The molecule has 0 unspecified atom stereocenters. The van der Waals surface area contributed by atoms with Gasteiger partial charge in [-0.2, -0.15) is 0 Å². The maximum Gasteiger partial charge on any atom is 0.174 e. The second kappa shape index (κ2) is 9.80. The average molecular weight is 485 g/mol. The molecule has 0 radical (unpaired) electrons. The second-order valence-corrected chi connectivity index (χ2v) is 8.95. The number of aromatic nitrogens is 1. The predicted octanol–water partition coefficient (Wildman–Crippen LogP) is 5.98. The molecule has 0 spiro atoms. The fourth-order valence-corrected chi connectivity index (χ4v) is 4.73. The molecule has 0 bridgehead atoms. The van der Waals surface area contributed by atoms with E-state index in [1.54, 1.807) is 6.20 Å². The van der Waals surface area contributed by atoms with Gasteiger partial charge < -0.3 is 24.3 Å². The summed E-state index contributed by atoms with van der Waals surface area (Å²) in [5, 5.41) is 4.12. The second-order valence-electron chi connectivity index (χ2n) is 8.57. The number of pyridine rings is 1. The van der Waals surface area contributed by atoms with Gasteiger partial charge in [-0.25, -0.2) is 0 Å². The molecule has 178 valence electrons. The molecule has 2 atom stereocenters. The number of nitrogens with one attached hydrogen (secondary N) is 1. The first kappa shape index (κ1) is 22.9. The number of ether oxygens (including phenoxy) is 1. The van der Waals surface area contributed by atoms with Gasteiger partial charge in [-0.3, -0.25) is 4.98 Å². The van der Waals surface area contributed by atoms with E-state index in [9.17, 15) is 0 Å².